The van der Waals surface area contributed by atoms with Crippen LogP contribution in [0, 0.1) is 5.92 Å². The predicted octanol–water partition coefficient (Wildman–Crippen LogP) is 8.61. The molecule has 0 spiro atoms. The first-order valence-corrected chi connectivity index (χ1v) is 13.3. The predicted molar refractivity (Wildman–Crippen MR) is 150 cm³/mol. The van der Waals surface area contributed by atoms with Crippen LogP contribution in [-0.4, -0.2) is 5.91 Å². The molecule has 0 atom stereocenters. The number of carbonyl (C=O) groups is 1. The Bertz CT molecular complexity index is 1130. The van der Waals surface area contributed by atoms with Crippen LogP contribution < -0.4 is 15.4 Å². The van der Waals surface area contributed by atoms with Crippen molar-refractivity contribution < 1.29 is 9.53 Å². The fraction of sp³-hybridized carbons (Fsp3) is 0.406. The summed E-state index contributed by atoms with van der Waals surface area (Å²) in [5.74, 6) is 1.68. The molecule has 1 aliphatic carbocycles. The zero-order valence-electron chi connectivity index (χ0n) is 22.0. The number of anilines is 3. The van der Waals surface area contributed by atoms with E-state index in [4.69, 9.17) is 4.74 Å². The summed E-state index contributed by atoms with van der Waals surface area (Å²) in [7, 11) is 0. The highest BCUT2D eigenvalue weighted by Gasteiger charge is 2.20. The van der Waals surface area contributed by atoms with Gasteiger partial charge in [0.25, 0.3) is 0 Å². The number of hydrogen-bond acceptors (Lipinski definition) is 3. The van der Waals surface area contributed by atoms with Crippen LogP contribution in [0.25, 0.3) is 0 Å². The third-order valence-corrected chi connectivity index (χ3v) is 6.98. The minimum absolute atomic E-state index is 0.0700. The minimum Gasteiger partial charge on any atom is -0.489 e. The second-order valence-electron chi connectivity index (χ2n) is 11.0. The third-order valence-electron chi connectivity index (χ3n) is 6.98. The lowest BCUT2D eigenvalue weighted by molar-refractivity contribution is -0.116. The average molecular weight is 485 g/mol. The Hall–Kier alpha value is -3.27. The van der Waals surface area contributed by atoms with Crippen molar-refractivity contribution in [3.8, 4) is 5.75 Å². The monoisotopic (exact) mass is 484 g/mol. The molecule has 2 N–H and O–H groups in total. The Morgan fingerprint density at radius 3 is 2.39 bits per heavy atom. The summed E-state index contributed by atoms with van der Waals surface area (Å²) >= 11 is 0. The summed E-state index contributed by atoms with van der Waals surface area (Å²) in [5, 5.41) is 6.67. The van der Waals surface area contributed by atoms with E-state index >= 15 is 0 Å². The highest BCUT2D eigenvalue weighted by Crippen LogP contribution is 2.35. The Labute approximate surface area is 216 Å². The standard InChI is InChI=1S/C32H40N2O2/c1-32(2,3)29-22-28(36-23-25-13-8-5-9-14-25)18-19-30(29)33-26-15-10-16-27(21-26)34-31(35)20-17-24-11-6-4-7-12-24/h5,8-10,13-16,18-19,21-22,24,33H,4,6-7,11-12,17,20,23H2,1-3H3,(H,34,35). The van der Waals surface area contributed by atoms with Crippen LogP contribution in [-0.2, 0) is 16.8 Å². The maximum absolute atomic E-state index is 12.6. The first kappa shape index (κ1) is 25.8. The molecule has 3 aromatic rings. The summed E-state index contributed by atoms with van der Waals surface area (Å²) in [4.78, 5) is 12.6. The zero-order chi connectivity index (χ0) is 25.4. The number of ether oxygens (including phenoxy) is 1. The molecule has 1 amide bonds. The van der Waals surface area contributed by atoms with Gasteiger partial charge in [0.2, 0.25) is 5.91 Å². The fourth-order valence-electron chi connectivity index (χ4n) is 4.95. The number of rotatable bonds is 9. The van der Waals surface area contributed by atoms with Crippen molar-refractivity contribution in [3.05, 3.63) is 83.9 Å². The van der Waals surface area contributed by atoms with Crippen molar-refractivity contribution in [2.45, 2.75) is 77.7 Å². The van der Waals surface area contributed by atoms with E-state index < -0.39 is 0 Å². The van der Waals surface area contributed by atoms with Gasteiger partial charge in [-0.2, -0.15) is 0 Å². The summed E-state index contributed by atoms with van der Waals surface area (Å²) in [6, 6.07) is 24.4. The number of benzene rings is 3. The lowest BCUT2D eigenvalue weighted by Crippen LogP contribution is -2.15. The van der Waals surface area contributed by atoms with E-state index in [1.165, 1.54) is 37.7 Å². The van der Waals surface area contributed by atoms with Gasteiger partial charge in [-0.05, 0) is 65.3 Å². The molecule has 0 aromatic heterocycles. The van der Waals surface area contributed by atoms with Crippen molar-refractivity contribution in [2.24, 2.45) is 5.92 Å². The third kappa shape index (κ3) is 7.61. The largest absolute Gasteiger partial charge is 0.489 e. The molecule has 0 unspecified atom stereocenters. The molecule has 4 rings (SSSR count). The lowest BCUT2D eigenvalue weighted by Gasteiger charge is -2.25. The average Bonchev–Trinajstić information content (AvgIpc) is 2.88. The Morgan fingerprint density at radius 2 is 1.64 bits per heavy atom. The van der Waals surface area contributed by atoms with E-state index in [0.29, 0.717) is 18.9 Å². The molecule has 4 heteroatoms. The van der Waals surface area contributed by atoms with E-state index in [2.05, 4.69) is 55.7 Å². The van der Waals surface area contributed by atoms with Crippen molar-refractivity contribution in [3.63, 3.8) is 0 Å². The van der Waals surface area contributed by atoms with Crippen LogP contribution in [0.5, 0.6) is 5.75 Å². The van der Waals surface area contributed by atoms with Gasteiger partial charge in [0, 0.05) is 23.5 Å². The molecule has 1 saturated carbocycles. The molecule has 1 fully saturated rings. The number of hydrogen-bond donors (Lipinski definition) is 2. The van der Waals surface area contributed by atoms with Gasteiger partial charge in [0.15, 0.2) is 0 Å². The van der Waals surface area contributed by atoms with Crippen LogP contribution in [0.3, 0.4) is 0 Å². The van der Waals surface area contributed by atoms with Crippen LogP contribution in [0.4, 0.5) is 17.1 Å². The maximum Gasteiger partial charge on any atom is 0.224 e. The SMILES string of the molecule is CC(C)(C)c1cc(OCc2ccccc2)ccc1Nc1cccc(NC(=O)CCC2CCCCC2)c1. The molecule has 0 radical (unpaired) electrons. The molecular weight excluding hydrogens is 444 g/mol. The summed E-state index contributed by atoms with van der Waals surface area (Å²) in [5.41, 5.74) is 5.07. The number of nitrogens with one attached hydrogen (secondary N) is 2. The first-order chi connectivity index (χ1) is 17.4. The van der Waals surface area contributed by atoms with Gasteiger partial charge in [-0.3, -0.25) is 4.79 Å². The van der Waals surface area contributed by atoms with E-state index in [-0.39, 0.29) is 11.3 Å². The number of carbonyl (C=O) groups excluding carboxylic acids is 1. The smallest absolute Gasteiger partial charge is 0.224 e. The van der Waals surface area contributed by atoms with Gasteiger partial charge in [0.05, 0.1) is 0 Å². The zero-order valence-corrected chi connectivity index (χ0v) is 22.0. The fourth-order valence-corrected chi connectivity index (χ4v) is 4.95. The van der Waals surface area contributed by atoms with Gasteiger partial charge in [-0.1, -0.05) is 89.3 Å². The lowest BCUT2D eigenvalue weighted by atomic mass is 9.85. The van der Waals surface area contributed by atoms with Gasteiger partial charge in [0.1, 0.15) is 12.4 Å². The quantitative estimate of drug-likeness (QED) is 0.320. The number of amides is 1. The molecular formula is C32H40N2O2. The molecule has 1 aliphatic rings. The van der Waals surface area contributed by atoms with Crippen molar-refractivity contribution in [1.29, 1.82) is 0 Å². The van der Waals surface area contributed by atoms with Gasteiger partial charge >= 0.3 is 0 Å². The van der Waals surface area contributed by atoms with Gasteiger partial charge < -0.3 is 15.4 Å². The van der Waals surface area contributed by atoms with Gasteiger partial charge in [-0.25, -0.2) is 0 Å². The van der Waals surface area contributed by atoms with Crippen LogP contribution in [0.2, 0.25) is 0 Å². The van der Waals surface area contributed by atoms with Gasteiger partial charge in [-0.15, -0.1) is 0 Å². The molecule has 0 heterocycles. The molecule has 0 bridgehead atoms. The van der Waals surface area contributed by atoms with E-state index in [9.17, 15) is 4.79 Å². The van der Waals surface area contributed by atoms with E-state index in [1.807, 2.05) is 48.5 Å². The highest BCUT2D eigenvalue weighted by atomic mass is 16.5. The molecule has 190 valence electrons. The first-order valence-electron chi connectivity index (χ1n) is 13.3. The second-order valence-corrected chi connectivity index (χ2v) is 11.0. The highest BCUT2D eigenvalue weighted by molar-refractivity contribution is 5.91. The Morgan fingerprint density at radius 1 is 0.889 bits per heavy atom. The van der Waals surface area contributed by atoms with E-state index in [0.717, 1.165) is 34.8 Å². The molecule has 4 nitrogen and oxygen atoms in total. The molecule has 3 aromatic carbocycles. The molecule has 0 saturated heterocycles. The van der Waals surface area contributed by atoms with Crippen LogP contribution in [0.15, 0.2) is 72.8 Å². The molecule has 36 heavy (non-hydrogen) atoms. The topological polar surface area (TPSA) is 50.4 Å². The summed E-state index contributed by atoms with van der Waals surface area (Å²) < 4.78 is 6.09. The Balaban J connectivity index is 1.40. The van der Waals surface area contributed by atoms with Crippen LogP contribution in [0.1, 0.15) is 76.8 Å². The van der Waals surface area contributed by atoms with Crippen molar-refractivity contribution in [1.82, 2.24) is 0 Å². The normalized spacial score (nSPS) is 14.3. The second kappa shape index (κ2) is 12.1. The maximum atomic E-state index is 12.6. The van der Waals surface area contributed by atoms with Crippen molar-refractivity contribution >= 4 is 23.0 Å². The summed E-state index contributed by atoms with van der Waals surface area (Å²) in [6.45, 7) is 7.16. The summed E-state index contributed by atoms with van der Waals surface area (Å²) in [6.07, 6.45) is 8.13. The van der Waals surface area contributed by atoms with E-state index in [1.54, 1.807) is 0 Å². The van der Waals surface area contributed by atoms with Crippen molar-refractivity contribution in [2.75, 3.05) is 10.6 Å². The van der Waals surface area contributed by atoms with Crippen LogP contribution >= 0.6 is 0 Å². The molecule has 0 aliphatic heterocycles. The Kier molecular flexibility index (Phi) is 8.69. The minimum atomic E-state index is -0.0700.